The van der Waals surface area contributed by atoms with Crippen molar-refractivity contribution in [2.75, 3.05) is 10.6 Å². The minimum Gasteiger partial charge on any atom is -0.476 e. The minimum absolute atomic E-state index is 0.226. The number of aryl methyl sites for hydroxylation is 1. The van der Waals surface area contributed by atoms with Gasteiger partial charge in [0.2, 0.25) is 0 Å². The Balaban J connectivity index is 1.81. The maximum Gasteiger partial charge on any atom is 0.268 e. The van der Waals surface area contributed by atoms with Crippen LogP contribution in [0.1, 0.15) is 24.2 Å². The number of nitrogens with zero attached hydrogens (tertiary/aromatic N) is 2. The summed E-state index contributed by atoms with van der Waals surface area (Å²) in [5, 5.41) is 9.49. The van der Waals surface area contributed by atoms with Crippen molar-refractivity contribution in [1.29, 1.82) is 0 Å². The lowest BCUT2D eigenvalue weighted by molar-refractivity contribution is -0.129. The van der Waals surface area contributed by atoms with E-state index in [1.807, 2.05) is 0 Å². The summed E-state index contributed by atoms with van der Waals surface area (Å²) in [6.45, 7) is 3.40. The number of fused-ring (bicyclic) bond motifs is 1. The van der Waals surface area contributed by atoms with Gasteiger partial charge in [-0.05, 0) is 32.0 Å². The number of carbonyl (C=O) groups excluding carboxylic acids is 2. The van der Waals surface area contributed by atoms with Crippen molar-refractivity contribution in [3.05, 3.63) is 36.2 Å². The maximum absolute atomic E-state index is 12.1. The Morgan fingerprint density at radius 1 is 1.41 bits per heavy atom. The molecule has 0 spiro atoms. The van der Waals surface area contributed by atoms with E-state index in [0.717, 1.165) is 0 Å². The molecule has 1 aromatic heterocycles. The number of hydrogen-bond donors (Lipinski definition) is 2. The van der Waals surface area contributed by atoms with Crippen molar-refractivity contribution in [3.8, 4) is 5.75 Å². The second-order valence-corrected chi connectivity index (χ2v) is 5.63. The summed E-state index contributed by atoms with van der Waals surface area (Å²) in [6, 6.07) is 5.10. The van der Waals surface area contributed by atoms with Crippen molar-refractivity contribution in [2.45, 2.75) is 19.4 Å². The van der Waals surface area contributed by atoms with Crippen LogP contribution < -0.4 is 15.4 Å². The van der Waals surface area contributed by atoms with Gasteiger partial charge in [0, 0.05) is 18.9 Å². The number of amides is 2. The Hall–Kier alpha value is -2.83. The second-order valence-electron chi connectivity index (χ2n) is 5.63. The van der Waals surface area contributed by atoms with E-state index in [4.69, 9.17) is 4.74 Å². The molecular weight excluding hydrogens is 284 g/mol. The van der Waals surface area contributed by atoms with Gasteiger partial charge in [0.1, 0.15) is 5.75 Å². The van der Waals surface area contributed by atoms with E-state index in [1.54, 1.807) is 50.0 Å². The van der Waals surface area contributed by atoms with Crippen molar-refractivity contribution in [1.82, 2.24) is 9.78 Å². The highest BCUT2D eigenvalue weighted by atomic mass is 16.5. The molecule has 0 saturated heterocycles. The fraction of sp³-hybridized carbons (Fsp3) is 0.267. The third kappa shape index (κ3) is 2.52. The quantitative estimate of drug-likeness (QED) is 0.885. The molecule has 2 aromatic rings. The summed E-state index contributed by atoms with van der Waals surface area (Å²) in [5.41, 5.74) is 0.652. The fourth-order valence-electron chi connectivity index (χ4n) is 2.13. The number of nitrogens with one attached hydrogen (secondary N) is 2. The van der Waals surface area contributed by atoms with Crippen molar-refractivity contribution >= 4 is 23.2 Å². The number of benzene rings is 1. The van der Waals surface area contributed by atoms with E-state index in [0.29, 0.717) is 22.7 Å². The number of rotatable bonds is 2. The van der Waals surface area contributed by atoms with E-state index >= 15 is 0 Å². The zero-order chi connectivity index (χ0) is 15.9. The lowest BCUT2D eigenvalue weighted by Gasteiger charge is -2.31. The zero-order valence-corrected chi connectivity index (χ0v) is 12.5. The van der Waals surface area contributed by atoms with Crippen LogP contribution in [0.3, 0.4) is 0 Å². The lowest BCUT2D eigenvalue weighted by Crippen LogP contribution is -2.45. The number of hydrogen-bond acceptors (Lipinski definition) is 4. The van der Waals surface area contributed by atoms with Crippen LogP contribution in [0.15, 0.2) is 30.6 Å². The van der Waals surface area contributed by atoms with E-state index < -0.39 is 5.60 Å². The Labute approximate surface area is 127 Å². The first-order chi connectivity index (χ1) is 10.3. The highest BCUT2D eigenvalue weighted by molar-refractivity contribution is 6.05. The largest absolute Gasteiger partial charge is 0.476 e. The molecule has 2 N–H and O–H groups in total. The maximum atomic E-state index is 12.1. The first-order valence-corrected chi connectivity index (χ1v) is 6.80. The molecule has 7 nitrogen and oxygen atoms in total. The van der Waals surface area contributed by atoms with Gasteiger partial charge < -0.3 is 15.4 Å². The Morgan fingerprint density at radius 3 is 2.86 bits per heavy atom. The topological polar surface area (TPSA) is 85.2 Å². The molecule has 2 amide bonds. The summed E-state index contributed by atoms with van der Waals surface area (Å²) < 4.78 is 7.19. The molecule has 0 radical (unpaired) electrons. The van der Waals surface area contributed by atoms with E-state index in [1.165, 1.54) is 6.20 Å². The number of carbonyl (C=O) groups is 2. The van der Waals surface area contributed by atoms with E-state index in [-0.39, 0.29) is 11.8 Å². The highest BCUT2D eigenvalue weighted by Gasteiger charge is 2.35. The minimum atomic E-state index is -0.909. The summed E-state index contributed by atoms with van der Waals surface area (Å²) in [6.07, 6.45) is 3.11. The van der Waals surface area contributed by atoms with Crippen LogP contribution in [0.2, 0.25) is 0 Å². The molecule has 0 unspecified atom stereocenters. The SMILES string of the molecule is Cn1cc(C(=O)Nc2ccc3c(c2)NC(=O)C(C)(C)O3)cn1. The van der Waals surface area contributed by atoms with Crippen LogP contribution in [-0.4, -0.2) is 27.2 Å². The van der Waals surface area contributed by atoms with Crippen molar-refractivity contribution < 1.29 is 14.3 Å². The normalized spacial score (nSPS) is 15.5. The Bertz CT molecular complexity index is 764. The highest BCUT2D eigenvalue weighted by Crippen LogP contribution is 2.35. The van der Waals surface area contributed by atoms with E-state index in [9.17, 15) is 9.59 Å². The van der Waals surface area contributed by atoms with E-state index in [2.05, 4.69) is 15.7 Å². The molecule has 114 valence electrons. The molecule has 7 heteroatoms. The van der Waals surface area contributed by atoms with Crippen molar-refractivity contribution in [3.63, 3.8) is 0 Å². The number of aromatic nitrogens is 2. The predicted molar refractivity (Wildman–Crippen MR) is 80.9 cm³/mol. The molecule has 0 bridgehead atoms. The van der Waals surface area contributed by atoms with Crippen LogP contribution >= 0.6 is 0 Å². The van der Waals surface area contributed by atoms with Gasteiger partial charge in [0.15, 0.2) is 5.60 Å². The smallest absolute Gasteiger partial charge is 0.268 e. The predicted octanol–water partition coefficient (Wildman–Crippen LogP) is 1.78. The molecule has 1 aromatic carbocycles. The van der Waals surface area contributed by atoms with Gasteiger partial charge in [-0.2, -0.15) is 5.10 Å². The van der Waals surface area contributed by atoms with Gasteiger partial charge in [0.25, 0.3) is 11.8 Å². The molecule has 3 rings (SSSR count). The Kier molecular flexibility index (Phi) is 3.13. The zero-order valence-electron chi connectivity index (χ0n) is 12.5. The molecule has 0 atom stereocenters. The summed E-state index contributed by atoms with van der Waals surface area (Å²) in [4.78, 5) is 24.0. The third-order valence-corrected chi connectivity index (χ3v) is 3.36. The van der Waals surface area contributed by atoms with Gasteiger partial charge in [0.05, 0.1) is 17.4 Å². The molecule has 1 aliphatic heterocycles. The van der Waals surface area contributed by atoms with Crippen LogP contribution in [0.25, 0.3) is 0 Å². The molecule has 0 saturated carbocycles. The molecule has 2 heterocycles. The van der Waals surface area contributed by atoms with Crippen LogP contribution in [0.4, 0.5) is 11.4 Å². The molecule has 0 aliphatic carbocycles. The average molecular weight is 300 g/mol. The van der Waals surface area contributed by atoms with Crippen LogP contribution in [0, 0.1) is 0 Å². The summed E-state index contributed by atoms with van der Waals surface area (Å²) in [7, 11) is 1.74. The van der Waals surface area contributed by atoms with Crippen LogP contribution in [-0.2, 0) is 11.8 Å². The first kappa shape index (κ1) is 14.1. The molecule has 1 aliphatic rings. The standard InChI is InChI=1S/C15H16N4O3/c1-15(2)14(21)18-11-6-10(4-5-12(11)22-15)17-13(20)9-7-16-19(3)8-9/h4-8H,1-3H3,(H,17,20)(H,18,21). The molecular formula is C15H16N4O3. The van der Waals surface area contributed by atoms with Gasteiger partial charge in [-0.15, -0.1) is 0 Å². The lowest BCUT2D eigenvalue weighted by atomic mass is 10.1. The molecule has 22 heavy (non-hydrogen) atoms. The average Bonchev–Trinajstić information content (AvgIpc) is 2.87. The fourth-order valence-corrected chi connectivity index (χ4v) is 2.13. The van der Waals surface area contributed by atoms with Gasteiger partial charge >= 0.3 is 0 Å². The van der Waals surface area contributed by atoms with Gasteiger partial charge in [-0.25, -0.2) is 0 Å². The van der Waals surface area contributed by atoms with Crippen LogP contribution in [0.5, 0.6) is 5.75 Å². The first-order valence-electron chi connectivity index (χ1n) is 6.80. The second kappa shape index (κ2) is 4.87. The van der Waals surface area contributed by atoms with Crippen molar-refractivity contribution in [2.24, 2.45) is 7.05 Å². The van der Waals surface area contributed by atoms with Gasteiger partial charge in [-0.1, -0.05) is 0 Å². The summed E-state index contributed by atoms with van der Waals surface area (Å²) >= 11 is 0. The monoisotopic (exact) mass is 300 g/mol. The number of anilines is 2. The third-order valence-electron chi connectivity index (χ3n) is 3.36. The molecule has 0 fully saturated rings. The number of ether oxygens (including phenoxy) is 1. The van der Waals surface area contributed by atoms with Gasteiger partial charge in [-0.3, -0.25) is 14.3 Å². The summed E-state index contributed by atoms with van der Waals surface area (Å²) in [5.74, 6) is 0.0798. The Morgan fingerprint density at radius 2 is 2.18 bits per heavy atom.